The minimum Gasteiger partial charge on any atom is -0.463 e. The van der Waals surface area contributed by atoms with E-state index < -0.39 is 0 Å². The van der Waals surface area contributed by atoms with Gasteiger partial charge in [-0.25, -0.2) is 4.98 Å². The third-order valence-corrected chi connectivity index (χ3v) is 3.58. The number of carbonyl (C=O) groups is 1. The Balaban J connectivity index is 1.84. The molecule has 0 radical (unpaired) electrons. The third-order valence-electron chi connectivity index (χ3n) is 3.58. The summed E-state index contributed by atoms with van der Waals surface area (Å²) in [6.07, 6.45) is 1.85. The van der Waals surface area contributed by atoms with Crippen LogP contribution in [-0.2, 0) is 11.3 Å². The minimum atomic E-state index is 0.130. The van der Waals surface area contributed by atoms with Crippen molar-refractivity contribution < 1.29 is 9.53 Å². The van der Waals surface area contributed by atoms with Crippen molar-refractivity contribution in [2.45, 2.75) is 32.5 Å². The van der Waals surface area contributed by atoms with Crippen molar-refractivity contribution >= 4 is 5.91 Å². The Kier molecular flexibility index (Phi) is 2.74. The molecule has 98 valence electrons. The van der Waals surface area contributed by atoms with Crippen molar-refractivity contribution in [2.24, 2.45) is 0 Å². The molecule has 1 N–H and O–H groups in total. The number of aromatic nitrogens is 2. The lowest BCUT2D eigenvalue weighted by molar-refractivity contribution is -0.130. The maximum Gasteiger partial charge on any atom is 0.296 e. The molecular formula is C12H18N4O2. The Bertz CT molecular complexity index is 471. The molecule has 0 aliphatic carbocycles. The molecule has 18 heavy (non-hydrogen) atoms. The van der Waals surface area contributed by atoms with E-state index in [4.69, 9.17) is 4.74 Å². The highest BCUT2D eigenvalue weighted by atomic mass is 16.5. The van der Waals surface area contributed by atoms with Crippen molar-refractivity contribution in [3.63, 3.8) is 0 Å². The van der Waals surface area contributed by atoms with Crippen LogP contribution < -0.4 is 10.1 Å². The number of carbonyl (C=O) groups excluding carboxylic acids is 1. The monoisotopic (exact) mass is 250 g/mol. The zero-order chi connectivity index (χ0) is 12.7. The highest BCUT2D eigenvalue weighted by Crippen LogP contribution is 2.26. The van der Waals surface area contributed by atoms with E-state index in [0.717, 1.165) is 18.8 Å². The lowest BCUT2D eigenvalue weighted by Crippen LogP contribution is -2.52. The van der Waals surface area contributed by atoms with Gasteiger partial charge in [-0.15, -0.1) is 0 Å². The summed E-state index contributed by atoms with van der Waals surface area (Å²) >= 11 is 0. The van der Waals surface area contributed by atoms with Gasteiger partial charge in [-0.05, 0) is 6.92 Å². The van der Waals surface area contributed by atoms with Crippen LogP contribution in [0.5, 0.6) is 6.01 Å². The van der Waals surface area contributed by atoms with E-state index in [1.54, 1.807) is 6.92 Å². The van der Waals surface area contributed by atoms with Gasteiger partial charge in [-0.2, -0.15) is 0 Å². The lowest BCUT2D eigenvalue weighted by atomic mass is 10.1. The van der Waals surface area contributed by atoms with E-state index in [1.165, 1.54) is 0 Å². The Morgan fingerprint density at radius 1 is 1.56 bits per heavy atom. The van der Waals surface area contributed by atoms with Gasteiger partial charge >= 0.3 is 0 Å². The number of fused-ring (bicyclic) bond motifs is 1. The van der Waals surface area contributed by atoms with Crippen LogP contribution in [0.2, 0.25) is 0 Å². The predicted octanol–water partition coefficient (Wildman–Crippen LogP) is 0.157. The molecular weight excluding hydrogens is 232 g/mol. The second kappa shape index (κ2) is 4.28. The quantitative estimate of drug-likeness (QED) is 0.771. The molecule has 1 aromatic heterocycles. The van der Waals surface area contributed by atoms with Crippen LogP contribution in [0, 0.1) is 0 Å². The average molecular weight is 250 g/mol. The molecule has 2 aliphatic heterocycles. The zero-order valence-electron chi connectivity index (χ0n) is 10.7. The van der Waals surface area contributed by atoms with E-state index in [0.29, 0.717) is 25.2 Å². The number of ether oxygens (including phenoxy) is 1. The molecule has 1 fully saturated rings. The molecule has 0 spiro atoms. The number of amides is 1. The number of rotatable bonds is 1. The highest BCUT2D eigenvalue weighted by Gasteiger charge is 2.30. The van der Waals surface area contributed by atoms with Crippen LogP contribution in [0.15, 0.2) is 6.20 Å². The first-order valence-electron chi connectivity index (χ1n) is 6.35. The van der Waals surface area contributed by atoms with Crippen LogP contribution in [0.1, 0.15) is 25.6 Å². The Morgan fingerprint density at radius 2 is 2.39 bits per heavy atom. The molecule has 0 bridgehead atoms. The summed E-state index contributed by atoms with van der Waals surface area (Å²) in [5.74, 6) is 0.130. The average Bonchev–Trinajstić information content (AvgIpc) is 2.89. The van der Waals surface area contributed by atoms with Crippen molar-refractivity contribution in [3.8, 4) is 6.01 Å². The fourth-order valence-electron chi connectivity index (χ4n) is 2.73. The molecule has 3 rings (SSSR count). The van der Waals surface area contributed by atoms with Crippen LogP contribution in [0.4, 0.5) is 0 Å². The van der Waals surface area contributed by atoms with E-state index >= 15 is 0 Å². The van der Waals surface area contributed by atoms with E-state index in [-0.39, 0.29) is 11.9 Å². The molecule has 2 unspecified atom stereocenters. The number of hydrogen-bond acceptors (Lipinski definition) is 4. The largest absolute Gasteiger partial charge is 0.463 e. The van der Waals surface area contributed by atoms with Gasteiger partial charge in [0.25, 0.3) is 6.01 Å². The number of hydrogen-bond donors (Lipinski definition) is 1. The van der Waals surface area contributed by atoms with Crippen LogP contribution in [0.3, 0.4) is 0 Å². The van der Waals surface area contributed by atoms with Gasteiger partial charge in [-0.1, -0.05) is 0 Å². The lowest BCUT2D eigenvalue weighted by Gasteiger charge is -2.37. The zero-order valence-corrected chi connectivity index (χ0v) is 10.7. The predicted molar refractivity (Wildman–Crippen MR) is 65.3 cm³/mol. The van der Waals surface area contributed by atoms with Crippen molar-refractivity contribution in [1.82, 2.24) is 19.8 Å². The summed E-state index contributed by atoms with van der Waals surface area (Å²) in [4.78, 5) is 17.7. The summed E-state index contributed by atoms with van der Waals surface area (Å²) in [5, 5.41) is 3.52. The third kappa shape index (κ3) is 1.86. The van der Waals surface area contributed by atoms with Gasteiger partial charge in [-0.3, -0.25) is 9.36 Å². The molecule has 6 nitrogen and oxygen atoms in total. The molecule has 1 amide bonds. The summed E-state index contributed by atoms with van der Waals surface area (Å²) < 4.78 is 7.51. The smallest absolute Gasteiger partial charge is 0.296 e. The summed E-state index contributed by atoms with van der Waals surface area (Å²) in [5.41, 5.74) is 1.11. The van der Waals surface area contributed by atoms with Crippen molar-refractivity contribution in [3.05, 3.63) is 11.9 Å². The number of nitrogens with one attached hydrogen (secondary N) is 1. The molecule has 6 heteroatoms. The highest BCUT2D eigenvalue weighted by molar-refractivity contribution is 5.73. The standard InChI is InChI=1S/C12H18N4O2/c1-8-6-15(9(2)17)7-10(14-8)11-5-13-12-16(11)3-4-18-12/h5,8,10,14H,3-4,6-7H2,1-2H3. The summed E-state index contributed by atoms with van der Waals surface area (Å²) in [6.45, 7) is 6.72. The Morgan fingerprint density at radius 3 is 3.17 bits per heavy atom. The molecule has 0 aromatic carbocycles. The van der Waals surface area contributed by atoms with Gasteiger partial charge in [0.15, 0.2) is 0 Å². The topological polar surface area (TPSA) is 59.4 Å². The van der Waals surface area contributed by atoms with Gasteiger partial charge in [0, 0.05) is 26.1 Å². The van der Waals surface area contributed by atoms with Gasteiger partial charge in [0.1, 0.15) is 6.61 Å². The normalized spacial score (nSPS) is 26.9. The first kappa shape index (κ1) is 11.5. The second-order valence-corrected chi connectivity index (χ2v) is 5.01. The molecule has 2 aliphatic rings. The Labute approximate surface area is 106 Å². The van der Waals surface area contributed by atoms with Crippen molar-refractivity contribution in [1.29, 1.82) is 0 Å². The summed E-state index contributed by atoms with van der Waals surface area (Å²) in [6, 6.07) is 1.13. The summed E-state index contributed by atoms with van der Waals surface area (Å²) in [7, 11) is 0. The van der Waals surface area contributed by atoms with E-state index in [9.17, 15) is 4.79 Å². The van der Waals surface area contributed by atoms with E-state index in [1.807, 2.05) is 11.1 Å². The number of imidazole rings is 1. The van der Waals surface area contributed by atoms with E-state index in [2.05, 4.69) is 21.8 Å². The SMILES string of the molecule is CC(=O)N1CC(C)NC(c2cnc3n2CCO3)C1. The van der Waals surface area contributed by atoms with Gasteiger partial charge in [0.05, 0.1) is 24.5 Å². The first-order valence-corrected chi connectivity index (χ1v) is 6.35. The molecule has 2 atom stereocenters. The molecule has 1 saturated heterocycles. The molecule has 1 aromatic rings. The molecule has 0 saturated carbocycles. The fraction of sp³-hybridized carbons (Fsp3) is 0.667. The maximum absolute atomic E-state index is 11.5. The minimum absolute atomic E-state index is 0.130. The van der Waals surface area contributed by atoms with Gasteiger partial charge < -0.3 is 15.0 Å². The second-order valence-electron chi connectivity index (χ2n) is 5.01. The number of piperazine rings is 1. The fourth-order valence-corrected chi connectivity index (χ4v) is 2.73. The first-order chi connectivity index (χ1) is 8.65. The maximum atomic E-state index is 11.5. The van der Waals surface area contributed by atoms with Crippen LogP contribution in [0.25, 0.3) is 0 Å². The molecule has 3 heterocycles. The van der Waals surface area contributed by atoms with Gasteiger partial charge in [0.2, 0.25) is 5.91 Å². The van der Waals surface area contributed by atoms with Crippen LogP contribution in [-0.4, -0.2) is 46.1 Å². The van der Waals surface area contributed by atoms with Crippen molar-refractivity contribution in [2.75, 3.05) is 19.7 Å². The number of nitrogens with zero attached hydrogens (tertiary/aromatic N) is 3. The van der Waals surface area contributed by atoms with Crippen LogP contribution >= 0.6 is 0 Å². The Hall–Kier alpha value is -1.56.